The summed E-state index contributed by atoms with van der Waals surface area (Å²) in [5, 5.41) is 67.5. The molecule has 2 heterocycles. The number of hydrogen-bond acceptors (Lipinski definition) is 30. The molecule has 2 atom stereocenters. The van der Waals surface area contributed by atoms with Gasteiger partial charge in [-0.15, -0.1) is 0 Å². The van der Waals surface area contributed by atoms with Crippen molar-refractivity contribution < 1.29 is 120 Å². The summed E-state index contributed by atoms with van der Waals surface area (Å²) in [6, 6.07) is 46.1. The lowest BCUT2D eigenvalue weighted by molar-refractivity contribution is -0.385. The average molecular weight is 2160 g/mol. The van der Waals surface area contributed by atoms with Gasteiger partial charge >= 0.3 is 42.0 Å². The number of nitro groups is 5. The van der Waals surface area contributed by atoms with E-state index in [1.807, 2.05) is 0 Å². The molecule has 742 valence electrons. The van der Waals surface area contributed by atoms with Gasteiger partial charge in [0.1, 0.15) is 34.8 Å². The van der Waals surface area contributed by atoms with Crippen molar-refractivity contribution in [1.29, 1.82) is 0 Å². The Hall–Kier alpha value is -15.5. The summed E-state index contributed by atoms with van der Waals surface area (Å²) in [5.74, 6) is -8.05. The van der Waals surface area contributed by atoms with Crippen LogP contribution in [0.5, 0.6) is 28.7 Å². The fourth-order valence-corrected chi connectivity index (χ4v) is 14.1. The van der Waals surface area contributed by atoms with Crippen LogP contribution >= 0.6 is 116 Å². The minimum absolute atomic E-state index is 0.00112. The molecule has 2 saturated heterocycles. The second kappa shape index (κ2) is 50.6. The summed E-state index contributed by atoms with van der Waals surface area (Å²) in [6.45, 7) is 4.55. The molecule has 2 aliphatic heterocycles. The topological polar surface area (TPSA) is 561 Å². The third kappa shape index (κ3) is 31.8. The summed E-state index contributed by atoms with van der Waals surface area (Å²) < 4.78 is 41.1. The zero-order valence-electron chi connectivity index (χ0n) is 73.8. The lowest BCUT2D eigenvalue weighted by Gasteiger charge is -2.22. The number of cyclic esters (lactones) is 1. The van der Waals surface area contributed by atoms with E-state index in [0.29, 0.717) is 24.9 Å². The van der Waals surface area contributed by atoms with E-state index in [1.165, 1.54) is 203 Å². The molecule has 5 N–H and O–H groups in total. The Kier molecular flexibility index (Phi) is 39.3. The number of amides is 7. The molecule has 0 bridgehead atoms. The summed E-state index contributed by atoms with van der Waals surface area (Å²) in [5.41, 5.74) is -0.269. The standard InChI is InChI=1S/C20H17Cl2N3O7.C20H16Cl2N2O8.C20H12Cl2N2O5.C16H13Cl2N3O5.C15H10Cl2N2O5/c1-31-19(27)16-3-2-8-24(16)20(28)32-17-7-4-11(21)9-13(17)18(26)23-15-6-5-12(25(29)30)10-14(15)22;1-20(2)31-16(19(27)32-20)9-17(25)30-15-6-3-10(21)7-12(15)18(26)23-14-5-4-11(24(28)29)8-13(14)22;21-13-6-9-18(29-20(26)12-4-2-1-3-5-12)15(10-13)19(25)23-17-8-7-14(24(27)28)11-16(17)22;1-20(2)16(23)26-14-6-3-9(17)7-11(14)15(22)19-13-5-4-10(21(24)25)8-12(13)18;1-8(20)24-14-5-2-9(16)6-11(14)15(21)18-13-4-3-10(19(22)23)7-12(13)17/h4-7,9-10,16H,2-3,8H2,1H3,(H,23,26);3-8,16H,9H2,1-2H3,(H,23,26);1-11H,(H,23,25);3-8H,1-2H3,(H,19,22);2-7H,1H3,(H,18,21)/t16-;;;;/m0..../s1. The predicted octanol–water partition coefficient (Wildman–Crippen LogP) is 22.1. The van der Waals surface area contributed by atoms with Gasteiger partial charge in [-0.1, -0.05) is 134 Å². The molecule has 0 radical (unpaired) electrons. The zero-order chi connectivity index (χ0) is 105. The van der Waals surface area contributed by atoms with Crippen LogP contribution in [0.3, 0.4) is 0 Å². The number of nitrogens with zero attached hydrogens (tertiary/aromatic N) is 7. The fourth-order valence-electron chi connectivity index (χ4n) is 12.1. The number of anilines is 5. The van der Waals surface area contributed by atoms with Gasteiger partial charge in [-0.3, -0.25) is 89.0 Å². The maximum atomic E-state index is 12.8. The second-order valence-electron chi connectivity index (χ2n) is 29.5. The van der Waals surface area contributed by atoms with Crippen LogP contribution in [-0.4, -0.2) is 152 Å². The van der Waals surface area contributed by atoms with Gasteiger partial charge in [0.2, 0.25) is 5.79 Å². The first-order valence-electron chi connectivity index (χ1n) is 40.2. The van der Waals surface area contributed by atoms with Gasteiger partial charge in [0.25, 0.3) is 58.0 Å². The van der Waals surface area contributed by atoms with E-state index in [4.69, 9.17) is 154 Å². The number of carbonyl (C=O) groups is 12. The Morgan fingerprint density at radius 3 is 0.993 bits per heavy atom. The molecule has 11 aromatic rings. The summed E-state index contributed by atoms with van der Waals surface area (Å²) in [7, 11) is 4.22. The number of ether oxygens (including phenoxy) is 8. The number of carbonyl (C=O) groups excluding carboxylic acids is 12. The Labute approximate surface area is 856 Å². The van der Waals surface area contributed by atoms with Gasteiger partial charge in [-0.2, -0.15) is 0 Å². The van der Waals surface area contributed by atoms with Crippen LogP contribution in [0.4, 0.5) is 66.5 Å². The quantitative estimate of drug-likeness (QED) is 0.0162. The Morgan fingerprint density at radius 2 is 0.713 bits per heavy atom. The number of nitrogens with one attached hydrogen (secondary N) is 5. The molecule has 143 heavy (non-hydrogen) atoms. The summed E-state index contributed by atoms with van der Waals surface area (Å²) >= 11 is 59.7. The first-order valence-corrected chi connectivity index (χ1v) is 44.0. The number of rotatable bonds is 24. The van der Waals surface area contributed by atoms with Gasteiger partial charge in [-0.05, 0) is 146 Å². The van der Waals surface area contributed by atoms with E-state index in [2.05, 4.69) is 26.6 Å². The van der Waals surface area contributed by atoms with E-state index >= 15 is 0 Å². The average Bonchev–Trinajstić information content (AvgIpc) is 1.79. The highest BCUT2D eigenvalue weighted by atomic mass is 35.5. The Bertz CT molecular complexity index is 6910. The highest BCUT2D eigenvalue weighted by molar-refractivity contribution is 6.38. The minimum Gasteiger partial charge on any atom is -0.467 e. The number of benzene rings is 11. The van der Waals surface area contributed by atoms with E-state index in [9.17, 15) is 108 Å². The number of likely N-dealkylation sites (tertiary alicyclic amines) is 1. The molecule has 2 aliphatic rings. The number of methoxy groups -OCH3 is 1. The van der Waals surface area contributed by atoms with Crippen LogP contribution in [0.2, 0.25) is 50.2 Å². The van der Waals surface area contributed by atoms with Gasteiger partial charge in [0.15, 0.2) is 6.10 Å². The van der Waals surface area contributed by atoms with Crippen LogP contribution in [-0.2, 0) is 33.4 Å². The van der Waals surface area contributed by atoms with Crippen molar-refractivity contribution in [2.45, 2.75) is 58.0 Å². The van der Waals surface area contributed by atoms with E-state index in [0.717, 1.165) is 30.3 Å². The summed E-state index contributed by atoms with van der Waals surface area (Å²) in [4.78, 5) is 200. The smallest absolute Gasteiger partial charge is 0.416 e. The summed E-state index contributed by atoms with van der Waals surface area (Å²) in [6.07, 6.45) is -2.02. The van der Waals surface area contributed by atoms with Crippen LogP contribution in [0, 0.1) is 50.6 Å². The Morgan fingerprint density at radius 1 is 0.413 bits per heavy atom. The van der Waals surface area contributed by atoms with Crippen molar-refractivity contribution in [1.82, 2.24) is 9.80 Å². The van der Waals surface area contributed by atoms with Gasteiger partial charge < -0.3 is 69.4 Å². The third-order valence-electron chi connectivity index (χ3n) is 18.8. The number of nitro benzene ring substituents is 5. The van der Waals surface area contributed by atoms with Crippen LogP contribution in [0.15, 0.2) is 212 Å². The highest BCUT2D eigenvalue weighted by Gasteiger charge is 2.43. The number of non-ortho nitro benzene ring substituents is 5. The molecule has 11 aromatic carbocycles. The lowest BCUT2D eigenvalue weighted by atomic mass is 10.1. The second-order valence-corrected chi connectivity index (χ2v) is 33.8. The van der Waals surface area contributed by atoms with Gasteiger partial charge in [0, 0.05) is 127 Å². The molecule has 0 spiro atoms. The van der Waals surface area contributed by atoms with Crippen LogP contribution in [0.25, 0.3) is 0 Å². The molecule has 13 rings (SSSR count). The molecule has 0 aliphatic carbocycles. The third-order valence-corrected chi connectivity index (χ3v) is 21.5. The molecule has 0 saturated carbocycles. The molecule has 7 amide bonds. The van der Waals surface area contributed by atoms with Crippen molar-refractivity contribution in [2.75, 3.05) is 54.3 Å². The van der Waals surface area contributed by atoms with E-state index in [-0.39, 0.29) is 164 Å². The first kappa shape index (κ1) is 111. The van der Waals surface area contributed by atoms with Crippen molar-refractivity contribution in [3.63, 3.8) is 0 Å². The largest absolute Gasteiger partial charge is 0.467 e. The molecule has 42 nitrogen and oxygen atoms in total. The highest BCUT2D eigenvalue weighted by Crippen LogP contribution is 2.39. The molecular formula is C91H68Cl10N12O30. The SMILES string of the molecule is CC(=O)Oc1ccc(Cl)cc1C(=O)Nc1ccc([N+](=O)[O-])cc1Cl.CC1(C)OC(=O)C(CC(=O)Oc2ccc(Cl)cc2C(=O)Nc2ccc([N+](=O)[O-])cc2Cl)O1.CN(C)C(=O)Oc1ccc(Cl)cc1C(=O)Nc1ccc([N+](=O)[O-])cc1Cl.COC(=O)[C@@H]1CCCN1C(=O)Oc1ccc(Cl)cc1C(=O)Nc1ccc([N+](=O)[O-])cc1Cl.O=C(Oc1ccc(Cl)cc1C(=O)Nc1ccc([N+](=O)[O-])cc1Cl)c1ccccc1. The maximum absolute atomic E-state index is 12.8. The van der Waals surface area contributed by atoms with Crippen molar-refractivity contribution >= 4 is 244 Å². The minimum atomic E-state index is -1.16. The predicted molar refractivity (Wildman–Crippen MR) is 523 cm³/mol. The Balaban J connectivity index is 0.000000200. The zero-order valence-corrected chi connectivity index (χ0v) is 81.4. The number of halogens is 10. The first-order chi connectivity index (χ1) is 67.5. The lowest BCUT2D eigenvalue weighted by Crippen LogP contribution is -2.42. The fraction of sp³-hybridized carbons (Fsp3) is 0.143. The van der Waals surface area contributed by atoms with Gasteiger partial charge in [-0.25, -0.2) is 24.0 Å². The molecule has 1 unspecified atom stereocenters. The van der Waals surface area contributed by atoms with Crippen molar-refractivity contribution in [2.24, 2.45) is 0 Å². The van der Waals surface area contributed by atoms with Crippen molar-refractivity contribution in [3.8, 4) is 28.7 Å². The molecular weight excluding hydrogens is 2100 g/mol. The van der Waals surface area contributed by atoms with E-state index in [1.54, 1.807) is 30.3 Å². The van der Waals surface area contributed by atoms with Gasteiger partial charge in [0.05, 0.1) is 125 Å². The molecule has 52 heteroatoms. The number of hydrogen-bond donors (Lipinski definition) is 5. The van der Waals surface area contributed by atoms with Crippen LogP contribution in [0.1, 0.15) is 102 Å². The molecule has 2 fully saturated rings. The number of esters is 5. The van der Waals surface area contributed by atoms with Crippen molar-refractivity contribution in [3.05, 3.63) is 347 Å². The normalized spacial score (nSPS) is 12.8. The monoisotopic (exact) mass is 2160 g/mol. The molecule has 0 aromatic heterocycles. The van der Waals surface area contributed by atoms with E-state index < -0.39 is 121 Å². The maximum Gasteiger partial charge on any atom is 0.416 e. The van der Waals surface area contributed by atoms with Crippen LogP contribution < -0.4 is 50.3 Å².